The van der Waals surface area contributed by atoms with Gasteiger partial charge in [0.1, 0.15) is 17.9 Å². The van der Waals surface area contributed by atoms with E-state index in [0.29, 0.717) is 30.4 Å². The standard InChI is InChI=1S/C67H90F6N8O8/c1-11-38(2)58(84)79-57(65(7,8)9)62(88)80-37-44-34-45(27-26-43(44)35-53(80)61(87)76-50-24-16-20-41-18-12-14-22-46(41)50)75-60(86)49(29-31-67(71,72)73)48(28-30-66(68,69)70)54(82)33-40-32-52(55(83)56(64(4,5)6)78-59(85)39(3)74-10)81(36-40)63(89)77-51-25-17-21-42-19-13-15-23-47(42)51/h12-15,18-19,22-23,26-27,34,38-40,48-53,56-57,74H,11,16-17,20-21,24-25,28-33,35-37H2,1-10H3,(H,75,86)(H,76,87)(H,77,89)(H,78,85)(H,79,84)/t38-,39+,40?,48+,49-,50?,51?,52+,53+,56-,57-/m1/s1. The van der Waals surface area contributed by atoms with E-state index in [-0.39, 0.29) is 43.6 Å². The fraction of sp³-hybridized carbons (Fsp3) is 0.612. The minimum Gasteiger partial charge on any atom is -0.347 e. The molecule has 0 bridgehead atoms. The Kier molecular flexibility index (Phi) is 22.7. The molecule has 22 heteroatoms. The maximum Gasteiger partial charge on any atom is 0.389 e. The molecule has 0 aromatic heterocycles. The van der Waals surface area contributed by atoms with E-state index in [9.17, 15) is 59.9 Å². The smallest absolute Gasteiger partial charge is 0.347 e. The van der Waals surface area contributed by atoms with Crippen molar-refractivity contribution in [2.24, 2.45) is 34.5 Å². The molecule has 0 spiro atoms. The van der Waals surface area contributed by atoms with Crippen LogP contribution in [0, 0.1) is 34.5 Å². The average Bonchev–Trinajstić information content (AvgIpc) is 1.77. The van der Waals surface area contributed by atoms with Crippen molar-refractivity contribution < 1.29 is 64.7 Å². The van der Waals surface area contributed by atoms with Gasteiger partial charge in [-0.05, 0) is 140 Å². The zero-order valence-corrected chi connectivity index (χ0v) is 52.9. The van der Waals surface area contributed by atoms with Gasteiger partial charge in [-0.25, -0.2) is 4.79 Å². The number of nitrogens with zero attached hydrogens (tertiary/aromatic N) is 2. The van der Waals surface area contributed by atoms with E-state index in [1.807, 2.05) is 55.5 Å². The van der Waals surface area contributed by atoms with Crippen LogP contribution in [0.5, 0.6) is 0 Å². The van der Waals surface area contributed by atoms with Crippen LogP contribution < -0.4 is 31.9 Å². The Balaban J connectivity index is 1.20. The molecule has 3 aromatic carbocycles. The number of likely N-dealkylation sites (N-methyl/N-ethyl adjacent to an activating group) is 1. The number of anilines is 1. The molecule has 1 fully saturated rings. The second-order valence-electron chi connectivity index (χ2n) is 27.2. The Morgan fingerprint density at radius 2 is 1.18 bits per heavy atom. The van der Waals surface area contributed by atoms with Gasteiger partial charge in [0.05, 0.1) is 30.2 Å². The number of hydrogen-bond acceptors (Lipinski definition) is 9. The number of carbonyl (C=O) groups excluding carboxylic acids is 8. The first kappa shape index (κ1) is 69.6. The molecule has 6 N–H and O–H groups in total. The minimum absolute atomic E-state index is 0.0108. The highest BCUT2D eigenvalue weighted by Gasteiger charge is 2.49. The van der Waals surface area contributed by atoms with Crippen molar-refractivity contribution in [2.45, 2.75) is 213 Å². The van der Waals surface area contributed by atoms with Gasteiger partial charge in [-0.1, -0.05) is 110 Å². The lowest BCUT2D eigenvalue weighted by atomic mass is 9.78. The summed E-state index contributed by atoms with van der Waals surface area (Å²) in [6.45, 7) is 15.2. The number of ketones is 2. The SMILES string of the molecule is CC[C@@H](C)C(=O)N[C@H](C(=O)N1Cc2cc(NC(=O)[C@H](CCC(F)(F)F)[C@H](CCC(F)(F)F)C(=O)CC3C[C@@H](C(=O)[C@@H](NC(=O)[C@H](C)NC)C(C)(C)C)N(C(=O)NC4CCCc5ccccc54)C3)ccc2C[C@H]1C(=O)NC1CCCc2ccccc21)C(C)(C)C. The van der Waals surface area contributed by atoms with E-state index in [0.717, 1.165) is 47.9 Å². The lowest BCUT2D eigenvalue weighted by Gasteiger charge is -2.42. The topological polar surface area (TPSA) is 215 Å². The quantitative estimate of drug-likeness (QED) is 0.0527. The predicted molar refractivity (Wildman–Crippen MR) is 326 cm³/mol. The molecular weight excluding hydrogens is 1160 g/mol. The minimum atomic E-state index is -4.91. The zero-order valence-electron chi connectivity index (χ0n) is 52.9. The van der Waals surface area contributed by atoms with Crippen molar-refractivity contribution in [3.63, 3.8) is 0 Å². The van der Waals surface area contributed by atoms with E-state index in [1.54, 1.807) is 68.5 Å². The molecule has 2 heterocycles. The molecule has 4 aliphatic rings. The first-order chi connectivity index (χ1) is 41.7. The predicted octanol–water partition coefficient (Wildman–Crippen LogP) is 10.7. The van der Waals surface area contributed by atoms with E-state index < -0.39 is 156 Å². The molecule has 488 valence electrons. The fourth-order valence-electron chi connectivity index (χ4n) is 13.0. The van der Waals surface area contributed by atoms with Crippen LogP contribution in [-0.2, 0) is 59.4 Å². The highest BCUT2D eigenvalue weighted by molar-refractivity contribution is 5.99. The van der Waals surface area contributed by atoms with Crippen LogP contribution in [0.3, 0.4) is 0 Å². The number of aryl methyl sites for hydroxylation is 2. The number of fused-ring (bicyclic) bond motifs is 3. The van der Waals surface area contributed by atoms with Gasteiger partial charge in [0, 0.05) is 62.2 Å². The first-order valence-corrected chi connectivity index (χ1v) is 31.4. The summed E-state index contributed by atoms with van der Waals surface area (Å²) in [7, 11) is 1.56. The van der Waals surface area contributed by atoms with E-state index >= 15 is 4.79 Å². The Bertz CT molecular complexity index is 3070. The lowest BCUT2D eigenvalue weighted by Crippen LogP contribution is -2.61. The molecule has 0 saturated carbocycles. The number of halogens is 6. The summed E-state index contributed by atoms with van der Waals surface area (Å²) < 4.78 is 85.8. The van der Waals surface area contributed by atoms with Gasteiger partial charge in [0.25, 0.3) is 0 Å². The summed E-state index contributed by atoms with van der Waals surface area (Å²) in [5, 5.41) is 17.4. The molecule has 1 saturated heterocycles. The molecular formula is C67H90F6N8O8. The third-order valence-corrected chi connectivity index (χ3v) is 18.4. The first-order valence-electron chi connectivity index (χ1n) is 31.4. The van der Waals surface area contributed by atoms with Gasteiger partial charge in [0.15, 0.2) is 5.78 Å². The summed E-state index contributed by atoms with van der Waals surface area (Å²) in [4.78, 5) is 118. The molecule has 7 amide bonds. The number of hydrogen-bond donors (Lipinski definition) is 6. The summed E-state index contributed by atoms with van der Waals surface area (Å²) in [6.07, 6.45) is -11.1. The Morgan fingerprint density at radius 1 is 0.629 bits per heavy atom. The average molecular weight is 1250 g/mol. The number of rotatable bonds is 22. The van der Waals surface area contributed by atoms with Gasteiger partial charge in [-0.2, -0.15) is 26.3 Å². The van der Waals surface area contributed by atoms with E-state index in [1.165, 1.54) is 21.9 Å². The zero-order chi connectivity index (χ0) is 65.5. The molecule has 3 aromatic rings. The number of urea groups is 1. The van der Waals surface area contributed by atoms with Gasteiger partial charge >= 0.3 is 18.4 Å². The molecule has 2 aliphatic heterocycles. The van der Waals surface area contributed by atoms with Crippen molar-refractivity contribution >= 4 is 52.8 Å². The Morgan fingerprint density at radius 3 is 1.73 bits per heavy atom. The van der Waals surface area contributed by atoms with Crippen LogP contribution in [0.1, 0.15) is 178 Å². The number of Topliss-reactive ketones (excluding diaryl/α,β-unsaturated/α-hetero) is 2. The molecule has 89 heavy (non-hydrogen) atoms. The van der Waals surface area contributed by atoms with Crippen LogP contribution in [0.4, 0.5) is 36.8 Å². The third-order valence-electron chi connectivity index (χ3n) is 18.4. The maximum atomic E-state index is 15.1. The van der Waals surface area contributed by atoms with Crippen molar-refractivity contribution in [1.29, 1.82) is 0 Å². The maximum absolute atomic E-state index is 15.1. The van der Waals surface area contributed by atoms with Crippen molar-refractivity contribution in [3.05, 3.63) is 100 Å². The van der Waals surface area contributed by atoms with Gasteiger partial charge < -0.3 is 41.7 Å². The van der Waals surface area contributed by atoms with Crippen molar-refractivity contribution in [1.82, 2.24) is 36.4 Å². The van der Waals surface area contributed by atoms with Gasteiger partial charge in [0.2, 0.25) is 29.5 Å². The fourth-order valence-corrected chi connectivity index (χ4v) is 13.0. The van der Waals surface area contributed by atoms with Crippen molar-refractivity contribution in [3.8, 4) is 0 Å². The van der Waals surface area contributed by atoms with E-state index in [2.05, 4.69) is 31.9 Å². The van der Waals surface area contributed by atoms with Crippen LogP contribution in [-0.4, -0.2) is 113 Å². The summed E-state index contributed by atoms with van der Waals surface area (Å²) in [5.41, 5.74) is 3.19. The van der Waals surface area contributed by atoms with Crippen LogP contribution in [0.2, 0.25) is 0 Å². The van der Waals surface area contributed by atoms with Crippen LogP contribution in [0.15, 0.2) is 66.7 Å². The lowest BCUT2D eigenvalue weighted by molar-refractivity contribution is -0.151. The second kappa shape index (κ2) is 29.0. The normalized spacial score (nSPS) is 21.5. The number of amides is 7. The largest absolute Gasteiger partial charge is 0.389 e. The number of benzene rings is 3. The monoisotopic (exact) mass is 1250 g/mol. The molecule has 2 aliphatic carbocycles. The molecule has 16 nitrogen and oxygen atoms in total. The Labute approximate surface area is 519 Å². The number of nitrogens with one attached hydrogen (secondary N) is 6. The van der Waals surface area contributed by atoms with Crippen LogP contribution in [0.25, 0.3) is 0 Å². The van der Waals surface area contributed by atoms with Crippen LogP contribution >= 0.6 is 0 Å². The summed E-state index contributed by atoms with van der Waals surface area (Å²) >= 11 is 0. The number of alkyl halides is 6. The van der Waals surface area contributed by atoms with Gasteiger partial charge in [-0.15, -0.1) is 0 Å². The third kappa shape index (κ3) is 18.0. The second-order valence-corrected chi connectivity index (χ2v) is 27.2. The Hall–Kier alpha value is -6.84. The van der Waals surface area contributed by atoms with E-state index in [4.69, 9.17) is 0 Å². The molecule has 3 unspecified atom stereocenters. The summed E-state index contributed by atoms with van der Waals surface area (Å²) in [5.74, 6) is -9.85. The number of carbonyl (C=O) groups is 8. The highest BCUT2D eigenvalue weighted by atomic mass is 19.4. The van der Waals surface area contributed by atoms with Crippen molar-refractivity contribution in [2.75, 3.05) is 18.9 Å². The summed E-state index contributed by atoms with van der Waals surface area (Å²) in [6, 6.07) is 13.0. The van der Waals surface area contributed by atoms with Gasteiger partial charge in [-0.3, -0.25) is 33.6 Å². The molecule has 11 atom stereocenters. The number of likely N-dealkylation sites (tertiary alicyclic amines) is 1. The molecule has 7 rings (SSSR count). The highest BCUT2D eigenvalue weighted by Crippen LogP contribution is 2.40. The molecule has 0 radical (unpaired) electrons.